The van der Waals surface area contributed by atoms with E-state index in [2.05, 4.69) is 11.9 Å². The van der Waals surface area contributed by atoms with Crippen LogP contribution in [0.3, 0.4) is 0 Å². The highest BCUT2D eigenvalue weighted by Gasteiger charge is 2.53. The minimum Gasteiger partial charge on any atom is -0.431 e. The summed E-state index contributed by atoms with van der Waals surface area (Å²) in [5, 5.41) is 0. The Hall–Kier alpha value is -0.610. The third-order valence-electron chi connectivity index (χ3n) is 4.39. The average Bonchev–Trinajstić information content (AvgIpc) is 2.71. The van der Waals surface area contributed by atoms with E-state index in [0.717, 1.165) is 31.7 Å². The molecule has 0 N–H and O–H groups in total. The minimum atomic E-state index is -0.601. The predicted octanol–water partition coefficient (Wildman–Crippen LogP) is 1.15. The zero-order valence-corrected chi connectivity index (χ0v) is 9.94. The highest BCUT2D eigenvalue weighted by Crippen LogP contribution is 2.45. The van der Waals surface area contributed by atoms with Crippen molar-refractivity contribution < 1.29 is 14.3 Å². The van der Waals surface area contributed by atoms with E-state index < -0.39 is 5.79 Å². The van der Waals surface area contributed by atoms with Crippen molar-refractivity contribution in [2.75, 3.05) is 13.6 Å². The first-order chi connectivity index (χ1) is 7.60. The summed E-state index contributed by atoms with van der Waals surface area (Å²) in [4.78, 5) is 13.8. The molecule has 1 saturated carbocycles. The van der Waals surface area contributed by atoms with Gasteiger partial charge in [0.2, 0.25) is 5.79 Å². The van der Waals surface area contributed by atoms with Gasteiger partial charge < -0.3 is 14.4 Å². The van der Waals surface area contributed by atoms with E-state index in [1.807, 2.05) is 0 Å². The second-order valence-electron chi connectivity index (χ2n) is 5.43. The van der Waals surface area contributed by atoms with Gasteiger partial charge in [-0.3, -0.25) is 0 Å². The topological polar surface area (TPSA) is 38.8 Å². The van der Waals surface area contributed by atoms with Crippen LogP contribution >= 0.6 is 0 Å². The molecule has 2 heterocycles. The minimum absolute atomic E-state index is 0.195. The Labute approximate surface area is 95.9 Å². The molecule has 0 bridgehead atoms. The van der Waals surface area contributed by atoms with Gasteiger partial charge in [0.1, 0.15) is 0 Å². The maximum absolute atomic E-state index is 11.5. The van der Waals surface area contributed by atoms with Crippen molar-refractivity contribution in [2.24, 2.45) is 5.92 Å². The number of nitrogens with zero attached hydrogens (tertiary/aromatic N) is 1. The Kier molecular flexibility index (Phi) is 2.27. The van der Waals surface area contributed by atoms with E-state index in [1.54, 1.807) is 6.92 Å². The van der Waals surface area contributed by atoms with Crippen molar-refractivity contribution in [1.29, 1.82) is 0 Å². The highest BCUT2D eigenvalue weighted by atomic mass is 16.8. The summed E-state index contributed by atoms with van der Waals surface area (Å²) in [6.45, 7) is 2.94. The molecule has 16 heavy (non-hydrogen) atoms. The Morgan fingerprint density at radius 2 is 2.25 bits per heavy atom. The zero-order chi connectivity index (χ0) is 11.3. The summed E-state index contributed by atoms with van der Waals surface area (Å²) in [5.41, 5.74) is 0. The van der Waals surface area contributed by atoms with Crippen molar-refractivity contribution >= 4 is 5.97 Å². The molecule has 0 radical (unpaired) electrons. The molecule has 2 unspecified atom stereocenters. The average molecular weight is 225 g/mol. The zero-order valence-electron chi connectivity index (χ0n) is 9.94. The van der Waals surface area contributed by atoms with Crippen LogP contribution in [-0.4, -0.2) is 42.4 Å². The van der Waals surface area contributed by atoms with Crippen LogP contribution in [0.15, 0.2) is 0 Å². The highest BCUT2D eigenvalue weighted by molar-refractivity contribution is 5.76. The largest absolute Gasteiger partial charge is 0.431 e. The normalized spacial score (nSPS) is 48.4. The lowest BCUT2D eigenvalue weighted by Gasteiger charge is -2.39. The summed E-state index contributed by atoms with van der Waals surface area (Å²) < 4.78 is 11.2. The maximum Gasteiger partial charge on any atom is 0.337 e. The Morgan fingerprint density at radius 1 is 1.44 bits per heavy atom. The first kappa shape index (κ1) is 10.5. The molecule has 1 aliphatic carbocycles. The van der Waals surface area contributed by atoms with Crippen LogP contribution in [0.5, 0.6) is 0 Å². The molecule has 4 heteroatoms. The SMILES string of the molecule is CC1OC2(CC[C@H]3CCN(C)[C@H]3C2)OC1=O. The molecule has 3 aliphatic rings. The van der Waals surface area contributed by atoms with Gasteiger partial charge in [-0.2, -0.15) is 0 Å². The van der Waals surface area contributed by atoms with Crippen molar-refractivity contribution in [3.63, 3.8) is 0 Å². The van der Waals surface area contributed by atoms with E-state index in [-0.39, 0.29) is 12.1 Å². The van der Waals surface area contributed by atoms with Crippen LogP contribution in [0.4, 0.5) is 0 Å². The van der Waals surface area contributed by atoms with Crippen molar-refractivity contribution in [1.82, 2.24) is 4.90 Å². The lowest BCUT2D eigenvalue weighted by molar-refractivity contribution is -0.201. The summed E-state index contributed by atoms with van der Waals surface area (Å²) in [6.07, 6.45) is 3.74. The van der Waals surface area contributed by atoms with Gasteiger partial charge in [-0.25, -0.2) is 4.79 Å². The first-order valence-electron chi connectivity index (χ1n) is 6.21. The smallest absolute Gasteiger partial charge is 0.337 e. The summed E-state index contributed by atoms with van der Waals surface area (Å²) >= 11 is 0. The lowest BCUT2D eigenvalue weighted by Crippen LogP contribution is -2.45. The number of esters is 1. The van der Waals surface area contributed by atoms with E-state index >= 15 is 0 Å². The molecule has 90 valence electrons. The number of hydrogen-bond acceptors (Lipinski definition) is 4. The van der Waals surface area contributed by atoms with E-state index in [1.165, 1.54) is 6.42 Å². The molecule has 0 amide bonds. The second kappa shape index (κ2) is 3.44. The van der Waals surface area contributed by atoms with Crippen molar-refractivity contribution in [3.8, 4) is 0 Å². The Bertz CT molecular complexity index is 319. The molecule has 4 nitrogen and oxygen atoms in total. The molecule has 0 aromatic rings. The molecule has 2 saturated heterocycles. The quantitative estimate of drug-likeness (QED) is 0.580. The van der Waals surface area contributed by atoms with Crippen molar-refractivity contribution in [3.05, 3.63) is 0 Å². The number of fused-ring (bicyclic) bond motifs is 1. The van der Waals surface area contributed by atoms with Crippen LogP contribution in [0.2, 0.25) is 0 Å². The molecule has 0 aromatic heterocycles. The van der Waals surface area contributed by atoms with Gasteiger partial charge in [-0.05, 0) is 39.3 Å². The number of carbonyl (C=O) groups is 1. The molecular weight excluding hydrogens is 206 g/mol. The van der Waals surface area contributed by atoms with Crippen LogP contribution in [-0.2, 0) is 14.3 Å². The number of ether oxygens (including phenoxy) is 2. The summed E-state index contributed by atoms with van der Waals surface area (Å²) in [7, 11) is 2.16. The van der Waals surface area contributed by atoms with Crippen LogP contribution < -0.4 is 0 Å². The lowest BCUT2D eigenvalue weighted by atomic mass is 9.81. The predicted molar refractivity (Wildman–Crippen MR) is 57.7 cm³/mol. The fourth-order valence-corrected chi connectivity index (χ4v) is 3.43. The van der Waals surface area contributed by atoms with Gasteiger partial charge in [0, 0.05) is 18.9 Å². The fraction of sp³-hybridized carbons (Fsp3) is 0.917. The van der Waals surface area contributed by atoms with Gasteiger partial charge in [0.05, 0.1) is 0 Å². The number of carbonyl (C=O) groups excluding carboxylic acids is 1. The first-order valence-corrected chi connectivity index (χ1v) is 6.21. The van der Waals surface area contributed by atoms with Crippen molar-refractivity contribution in [2.45, 2.75) is 50.5 Å². The standard InChI is InChI=1S/C12H19NO3/c1-8-11(14)16-12(15-8)5-3-9-4-6-13(2)10(9)7-12/h8-10H,3-7H2,1-2H3/t8?,9-,10-,12?/m0/s1. The molecule has 3 rings (SSSR count). The third kappa shape index (κ3) is 1.47. The second-order valence-corrected chi connectivity index (χ2v) is 5.43. The summed E-state index contributed by atoms with van der Waals surface area (Å²) in [6, 6.07) is 0.534. The molecule has 4 atom stereocenters. The van der Waals surface area contributed by atoms with E-state index in [0.29, 0.717) is 6.04 Å². The van der Waals surface area contributed by atoms with Crippen LogP contribution in [0.25, 0.3) is 0 Å². The number of hydrogen-bond donors (Lipinski definition) is 0. The monoisotopic (exact) mass is 225 g/mol. The summed E-state index contributed by atoms with van der Waals surface area (Å²) in [5.74, 6) is -0.0241. The maximum atomic E-state index is 11.5. The Morgan fingerprint density at radius 3 is 2.94 bits per heavy atom. The Balaban J connectivity index is 1.77. The molecule has 2 aliphatic heterocycles. The van der Waals surface area contributed by atoms with Crippen LogP contribution in [0, 0.1) is 5.92 Å². The molecule has 0 aromatic carbocycles. The van der Waals surface area contributed by atoms with E-state index in [4.69, 9.17) is 9.47 Å². The van der Waals surface area contributed by atoms with Gasteiger partial charge in [-0.15, -0.1) is 0 Å². The van der Waals surface area contributed by atoms with E-state index in [9.17, 15) is 4.79 Å². The van der Waals surface area contributed by atoms with Gasteiger partial charge in [0.15, 0.2) is 6.10 Å². The molecule has 1 spiro atoms. The van der Waals surface area contributed by atoms with Crippen LogP contribution in [0.1, 0.15) is 32.6 Å². The fourth-order valence-electron chi connectivity index (χ4n) is 3.43. The van der Waals surface area contributed by atoms with Gasteiger partial charge >= 0.3 is 5.97 Å². The van der Waals surface area contributed by atoms with Gasteiger partial charge in [0.25, 0.3) is 0 Å². The molecule has 3 fully saturated rings. The molecular formula is C12H19NO3. The third-order valence-corrected chi connectivity index (χ3v) is 4.39. The number of rotatable bonds is 0. The van der Waals surface area contributed by atoms with Gasteiger partial charge in [-0.1, -0.05) is 0 Å². The number of likely N-dealkylation sites (tertiary alicyclic amines) is 1.